The van der Waals surface area contributed by atoms with Gasteiger partial charge in [-0.1, -0.05) is 16.4 Å². The van der Waals surface area contributed by atoms with E-state index in [0.29, 0.717) is 34.3 Å². The van der Waals surface area contributed by atoms with Crippen LogP contribution in [0.1, 0.15) is 0 Å². The van der Waals surface area contributed by atoms with Crippen molar-refractivity contribution in [2.75, 3.05) is 6.79 Å². The summed E-state index contributed by atoms with van der Waals surface area (Å²) >= 11 is 0. The number of benzene rings is 2. The number of halogens is 1. The minimum Gasteiger partial charge on any atom is -0.454 e. The van der Waals surface area contributed by atoms with Crippen LogP contribution in [0.25, 0.3) is 28.7 Å². The number of hydrogen-bond donors (Lipinski definition) is 0. The highest BCUT2D eigenvalue weighted by Gasteiger charge is 2.18. The molecule has 0 aliphatic carbocycles. The number of hydrogen-bond acceptors (Lipinski definition) is 7. The van der Waals surface area contributed by atoms with Crippen molar-refractivity contribution in [3.8, 4) is 40.2 Å². The van der Waals surface area contributed by atoms with Gasteiger partial charge in [-0.05, 0) is 36.4 Å². The number of aromatic nitrogens is 5. The van der Waals surface area contributed by atoms with Crippen LogP contribution in [-0.4, -0.2) is 31.9 Å². The number of nitrogens with zero attached hydrogens (tertiary/aromatic N) is 5. The van der Waals surface area contributed by atoms with Crippen LogP contribution >= 0.6 is 0 Å². The Hall–Kier alpha value is -3.75. The molecular formula is C17H10FN5O3. The summed E-state index contributed by atoms with van der Waals surface area (Å²) < 4.78 is 30.7. The lowest BCUT2D eigenvalue weighted by Crippen LogP contribution is -1.94. The molecule has 128 valence electrons. The molecule has 0 radical (unpaired) electrons. The third-order valence-corrected chi connectivity index (χ3v) is 3.84. The van der Waals surface area contributed by atoms with Crippen molar-refractivity contribution in [1.29, 1.82) is 0 Å². The highest BCUT2D eigenvalue weighted by molar-refractivity contribution is 5.62. The molecule has 4 aromatic rings. The van der Waals surface area contributed by atoms with Crippen molar-refractivity contribution in [3.05, 3.63) is 54.5 Å². The van der Waals surface area contributed by atoms with E-state index in [0.717, 1.165) is 0 Å². The van der Waals surface area contributed by atoms with E-state index < -0.39 is 0 Å². The van der Waals surface area contributed by atoms with Crippen molar-refractivity contribution in [2.24, 2.45) is 0 Å². The van der Waals surface area contributed by atoms with Crippen LogP contribution in [-0.2, 0) is 0 Å². The van der Waals surface area contributed by atoms with Gasteiger partial charge in [-0.15, -0.1) is 5.10 Å². The summed E-state index contributed by atoms with van der Waals surface area (Å²) in [5.74, 6) is 1.54. The van der Waals surface area contributed by atoms with Gasteiger partial charge < -0.3 is 14.0 Å². The first kappa shape index (κ1) is 14.6. The van der Waals surface area contributed by atoms with Gasteiger partial charge >= 0.3 is 0 Å². The monoisotopic (exact) mass is 351 g/mol. The molecule has 26 heavy (non-hydrogen) atoms. The quantitative estimate of drug-likeness (QED) is 0.561. The fraction of sp³-hybridized carbons (Fsp3) is 0.0588. The minimum atomic E-state index is -0.357. The average Bonchev–Trinajstić information content (AvgIpc) is 3.39. The summed E-state index contributed by atoms with van der Waals surface area (Å²) in [7, 11) is 0. The molecule has 8 nitrogen and oxygen atoms in total. The molecule has 0 saturated carbocycles. The summed E-state index contributed by atoms with van der Waals surface area (Å²) in [6.07, 6.45) is 1.60. The second-order valence-electron chi connectivity index (χ2n) is 5.52. The van der Waals surface area contributed by atoms with Gasteiger partial charge in [0.15, 0.2) is 17.2 Å². The van der Waals surface area contributed by atoms with Gasteiger partial charge in [0.1, 0.15) is 5.82 Å². The predicted octanol–water partition coefficient (Wildman–Crippen LogP) is 2.85. The summed E-state index contributed by atoms with van der Waals surface area (Å²) in [5, 5.41) is 11.9. The molecule has 5 rings (SSSR count). The third-order valence-electron chi connectivity index (χ3n) is 3.84. The van der Waals surface area contributed by atoms with Crippen molar-refractivity contribution < 1.29 is 18.4 Å². The maximum absolute atomic E-state index is 13.3. The maximum Gasteiger partial charge on any atom is 0.258 e. The summed E-state index contributed by atoms with van der Waals surface area (Å²) in [6, 6.07) is 11.4. The fourth-order valence-corrected chi connectivity index (χ4v) is 2.59. The van der Waals surface area contributed by atoms with Crippen molar-refractivity contribution >= 4 is 0 Å². The highest BCUT2D eigenvalue weighted by atomic mass is 19.1. The molecule has 0 amide bonds. The van der Waals surface area contributed by atoms with Gasteiger partial charge in [-0.25, -0.2) is 9.07 Å². The van der Waals surface area contributed by atoms with E-state index in [2.05, 4.69) is 20.5 Å². The van der Waals surface area contributed by atoms with Gasteiger partial charge in [0, 0.05) is 5.56 Å². The van der Waals surface area contributed by atoms with Crippen LogP contribution in [0, 0.1) is 5.82 Å². The Bertz CT molecular complexity index is 1110. The van der Waals surface area contributed by atoms with Gasteiger partial charge in [0.05, 0.1) is 11.9 Å². The van der Waals surface area contributed by atoms with Crippen molar-refractivity contribution in [1.82, 2.24) is 25.1 Å². The van der Waals surface area contributed by atoms with Crippen LogP contribution in [0.4, 0.5) is 4.39 Å². The Morgan fingerprint density at radius 3 is 2.88 bits per heavy atom. The minimum absolute atomic E-state index is 0.192. The van der Waals surface area contributed by atoms with Crippen LogP contribution in [0.2, 0.25) is 0 Å². The Labute approximate surface area is 145 Å². The topological polar surface area (TPSA) is 88.1 Å². The van der Waals surface area contributed by atoms with E-state index in [1.54, 1.807) is 36.5 Å². The molecule has 3 heterocycles. The number of rotatable bonds is 3. The zero-order valence-corrected chi connectivity index (χ0v) is 13.2. The largest absolute Gasteiger partial charge is 0.454 e. The Balaban J connectivity index is 1.46. The van der Waals surface area contributed by atoms with E-state index in [-0.39, 0.29) is 18.4 Å². The first-order valence-electron chi connectivity index (χ1n) is 7.69. The molecule has 0 atom stereocenters. The van der Waals surface area contributed by atoms with Crippen molar-refractivity contribution in [2.45, 2.75) is 0 Å². The van der Waals surface area contributed by atoms with Gasteiger partial charge in [-0.2, -0.15) is 4.98 Å². The Morgan fingerprint density at radius 1 is 1.04 bits per heavy atom. The molecule has 0 unspecified atom stereocenters. The SMILES string of the molecule is Fc1cccc(-n2cc(-c3noc(-c4ccc5c(c4)OCO5)n3)nn2)c1. The number of ether oxygens (including phenoxy) is 2. The molecule has 2 aromatic heterocycles. The van der Waals surface area contributed by atoms with E-state index in [9.17, 15) is 4.39 Å². The average molecular weight is 351 g/mol. The normalized spacial score (nSPS) is 12.5. The molecule has 2 aromatic carbocycles. The van der Waals surface area contributed by atoms with Gasteiger partial charge in [0.2, 0.25) is 12.6 Å². The first-order chi connectivity index (χ1) is 12.8. The zero-order valence-electron chi connectivity index (χ0n) is 13.2. The molecule has 0 spiro atoms. The van der Waals surface area contributed by atoms with E-state index in [1.807, 2.05) is 0 Å². The summed E-state index contributed by atoms with van der Waals surface area (Å²) in [4.78, 5) is 4.34. The van der Waals surface area contributed by atoms with Gasteiger partial charge in [0.25, 0.3) is 5.89 Å². The van der Waals surface area contributed by atoms with Crippen LogP contribution in [0.3, 0.4) is 0 Å². The smallest absolute Gasteiger partial charge is 0.258 e. The molecular weight excluding hydrogens is 341 g/mol. The molecule has 1 aliphatic rings. The maximum atomic E-state index is 13.3. The predicted molar refractivity (Wildman–Crippen MR) is 86.2 cm³/mol. The van der Waals surface area contributed by atoms with Gasteiger partial charge in [-0.3, -0.25) is 0 Å². The lowest BCUT2D eigenvalue weighted by atomic mass is 10.2. The standard InChI is InChI=1S/C17H10FN5O3/c18-11-2-1-3-12(7-11)23-8-13(20-22-23)16-19-17(26-21-16)10-4-5-14-15(6-10)25-9-24-14/h1-8H,9H2. The number of fused-ring (bicyclic) bond motifs is 1. The summed E-state index contributed by atoms with van der Waals surface area (Å²) in [6.45, 7) is 0.192. The molecule has 0 saturated heterocycles. The Morgan fingerprint density at radius 2 is 1.96 bits per heavy atom. The molecule has 0 N–H and O–H groups in total. The van der Waals surface area contributed by atoms with E-state index in [1.165, 1.54) is 16.8 Å². The second-order valence-corrected chi connectivity index (χ2v) is 5.52. The Kier molecular flexibility index (Phi) is 3.17. The lowest BCUT2D eigenvalue weighted by Gasteiger charge is -1.98. The molecule has 0 fully saturated rings. The van der Waals surface area contributed by atoms with E-state index in [4.69, 9.17) is 14.0 Å². The third kappa shape index (κ3) is 2.46. The molecule has 9 heteroatoms. The fourth-order valence-electron chi connectivity index (χ4n) is 2.59. The highest BCUT2D eigenvalue weighted by Crippen LogP contribution is 2.35. The second kappa shape index (κ2) is 5.66. The van der Waals surface area contributed by atoms with E-state index >= 15 is 0 Å². The molecule has 1 aliphatic heterocycles. The zero-order chi connectivity index (χ0) is 17.5. The first-order valence-corrected chi connectivity index (χ1v) is 7.69. The molecule has 0 bridgehead atoms. The van der Waals surface area contributed by atoms with Crippen LogP contribution in [0.15, 0.2) is 53.2 Å². The van der Waals surface area contributed by atoms with Crippen LogP contribution < -0.4 is 9.47 Å². The lowest BCUT2D eigenvalue weighted by molar-refractivity contribution is 0.174. The van der Waals surface area contributed by atoms with Crippen molar-refractivity contribution in [3.63, 3.8) is 0 Å². The van der Waals surface area contributed by atoms with Crippen LogP contribution in [0.5, 0.6) is 11.5 Å². The summed E-state index contributed by atoms with van der Waals surface area (Å²) in [5.41, 5.74) is 1.65.